The lowest BCUT2D eigenvalue weighted by Gasteiger charge is -2.30. The zero-order valence-corrected chi connectivity index (χ0v) is 22.0. The second-order valence-corrected chi connectivity index (χ2v) is 9.57. The molecule has 2 aliphatic rings. The first-order valence-corrected chi connectivity index (χ1v) is 12.4. The van der Waals surface area contributed by atoms with E-state index in [2.05, 4.69) is 15.0 Å². The number of fused-ring (bicyclic) bond motifs is 1. The van der Waals surface area contributed by atoms with E-state index in [0.717, 1.165) is 28.0 Å². The fraction of sp³-hybridized carbons (Fsp3) is 0.500. The molecule has 0 aromatic carbocycles. The lowest BCUT2D eigenvalue weighted by molar-refractivity contribution is -0.172. The van der Waals surface area contributed by atoms with Crippen LogP contribution in [0, 0.1) is 0 Å². The van der Waals surface area contributed by atoms with Crippen LogP contribution in [0.1, 0.15) is 11.8 Å². The van der Waals surface area contributed by atoms with Crippen LogP contribution in [0.5, 0.6) is 0 Å². The predicted octanol–water partition coefficient (Wildman–Crippen LogP) is -7.16. The molecular formula is C22H29N9O12. The van der Waals surface area contributed by atoms with Crippen LogP contribution in [-0.2, 0) is 31.2 Å². The van der Waals surface area contributed by atoms with Gasteiger partial charge in [0.1, 0.15) is 54.8 Å². The number of anilines is 1. The molecule has 3 aromatic rings. The Balaban J connectivity index is 0.000000197. The van der Waals surface area contributed by atoms with Crippen molar-refractivity contribution < 1.29 is 49.7 Å². The molecule has 2 saturated heterocycles. The number of nitrogens with one attached hydrogen (secondary N) is 1. The average Bonchev–Trinajstić information content (AvgIpc) is 3.60. The molecule has 8 atom stereocenters. The predicted molar refractivity (Wildman–Crippen MR) is 138 cm³/mol. The van der Waals surface area contributed by atoms with Crippen molar-refractivity contribution in [3.63, 3.8) is 0 Å². The molecule has 5 heterocycles. The first-order chi connectivity index (χ1) is 20.3. The van der Waals surface area contributed by atoms with E-state index in [9.17, 15) is 44.7 Å². The zero-order chi connectivity index (χ0) is 31.8. The molecule has 2 amide bonds. The van der Waals surface area contributed by atoms with Crippen molar-refractivity contribution in [1.29, 1.82) is 0 Å². The molecule has 5 rings (SSSR count). The molecule has 43 heavy (non-hydrogen) atoms. The largest absolute Gasteiger partial charge is 0.394 e. The molecule has 0 bridgehead atoms. The summed E-state index contributed by atoms with van der Waals surface area (Å²) in [6.45, 7) is -1.17. The van der Waals surface area contributed by atoms with Gasteiger partial charge in [-0.1, -0.05) is 0 Å². The van der Waals surface area contributed by atoms with Crippen molar-refractivity contribution >= 4 is 28.8 Å². The number of carbonyl (C=O) groups excluding carboxylic acids is 2. The average molecular weight is 612 g/mol. The number of nitrogens with two attached hydrogens (primary N) is 3. The van der Waals surface area contributed by atoms with Crippen LogP contribution >= 0.6 is 0 Å². The van der Waals surface area contributed by atoms with Crippen LogP contribution in [0.2, 0.25) is 0 Å². The van der Waals surface area contributed by atoms with Gasteiger partial charge >= 0.3 is 5.69 Å². The maximum Gasteiger partial charge on any atom is 0.330 e. The number of rotatable bonds is 7. The lowest BCUT2D eigenvalue weighted by atomic mass is 10.0. The third-order valence-electron chi connectivity index (χ3n) is 6.89. The van der Waals surface area contributed by atoms with Gasteiger partial charge in [0.05, 0.1) is 19.6 Å². The van der Waals surface area contributed by atoms with Gasteiger partial charge in [0, 0.05) is 11.8 Å². The second kappa shape index (κ2) is 12.1. The molecule has 0 unspecified atom stereocenters. The standard InChI is InChI=1S/C11H14N6O5.C11H15N3O7/c12-8-5-9(15-2-14-8)17(3-16-5)11(10(13)21)7(20)6(19)4(1-18)22-11;12-6(16)1-4-2-14(11(20)13-9(4)19)10-8(18)7(17)5(3-15)21-10/h2-4,6-7,18-20H,1H2,(H2,13,21)(H2,12,14,15);2,5,7-8,10,15,17-18H,1,3H2,(H2,12,16)(H,13,19,20)/t4-,6-,7-,11+;5-,7-,8-,10-/m11/s1. The summed E-state index contributed by atoms with van der Waals surface area (Å²) in [5.41, 5.74) is 12.4. The van der Waals surface area contributed by atoms with E-state index >= 15 is 0 Å². The molecule has 234 valence electrons. The summed E-state index contributed by atoms with van der Waals surface area (Å²) < 4.78 is 12.5. The third kappa shape index (κ3) is 5.46. The Morgan fingerprint density at radius 1 is 1.00 bits per heavy atom. The monoisotopic (exact) mass is 611 g/mol. The van der Waals surface area contributed by atoms with Crippen LogP contribution < -0.4 is 28.5 Å². The number of imidazole rings is 1. The summed E-state index contributed by atoms with van der Waals surface area (Å²) >= 11 is 0. The summed E-state index contributed by atoms with van der Waals surface area (Å²) in [6, 6.07) is 0. The van der Waals surface area contributed by atoms with E-state index in [1.807, 2.05) is 4.98 Å². The summed E-state index contributed by atoms with van der Waals surface area (Å²) in [5, 5.41) is 57.9. The number of carbonyl (C=O) groups is 2. The third-order valence-corrected chi connectivity index (χ3v) is 6.89. The Morgan fingerprint density at radius 3 is 2.23 bits per heavy atom. The number of hydrogen-bond acceptors (Lipinski definition) is 16. The van der Waals surface area contributed by atoms with E-state index in [4.69, 9.17) is 31.8 Å². The number of H-pyrrole nitrogens is 1. The van der Waals surface area contributed by atoms with Crippen LogP contribution in [0.4, 0.5) is 5.82 Å². The van der Waals surface area contributed by atoms with Gasteiger partial charge in [-0.15, -0.1) is 0 Å². The van der Waals surface area contributed by atoms with Crippen LogP contribution in [0.3, 0.4) is 0 Å². The normalized spacial score (nSPS) is 30.2. The Hall–Kier alpha value is -4.35. The fourth-order valence-electron chi connectivity index (χ4n) is 4.71. The van der Waals surface area contributed by atoms with Gasteiger partial charge in [-0.2, -0.15) is 0 Å². The SMILES string of the molecule is NC(=O)Cc1cn([C@@H]2O[C@H](CO)[C@@H](O)[C@H]2O)c(=O)[nH]c1=O.NC(=O)[C@@]1(n2cnc3c(N)ncnc32)O[C@H](CO)[C@@H](O)[C@H]1O. The van der Waals surface area contributed by atoms with Crippen molar-refractivity contribution in [2.45, 2.75) is 55.0 Å². The number of aliphatic hydroxyl groups excluding tert-OH is 6. The Labute approximate surface area is 238 Å². The van der Waals surface area contributed by atoms with Gasteiger partial charge in [-0.3, -0.25) is 28.5 Å². The van der Waals surface area contributed by atoms with Crippen LogP contribution in [-0.4, -0.2) is 121 Å². The van der Waals surface area contributed by atoms with Gasteiger partial charge < -0.3 is 57.3 Å². The minimum Gasteiger partial charge on any atom is -0.394 e. The quantitative estimate of drug-likeness (QED) is 0.119. The molecule has 2 aliphatic heterocycles. The molecule has 0 aliphatic carbocycles. The first-order valence-electron chi connectivity index (χ1n) is 12.4. The maximum absolute atomic E-state index is 12.0. The van der Waals surface area contributed by atoms with Crippen LogP contribution in [0.15, 0.2) is 28.4 Å². The fourth-order valence-corrected chi connectivity index (χ4v) is 4.71. The van der Waals surface area contributed by atoms with E-state index in [0.29, 0.717) is 0 Å². The minimum atomic E-state index is -2.16. The highest BCUT2D eigenvalue weighted by atomic mass is 16.6. The number of nitrogen functional groups attached to an aromatic ring is 1. The molecule has 21 heteroatoms. The van der Waals surface area contributed by atoms with Crippen molar-refractivity contribution in [2.24, 2.45) is 11.5 Å². The van der Waals surface area contributed by atoms with E-state index in [1.54, 1.807) is 0 Å². The Kier molecular flexibility index (Phi) is 8.89. The topological polar surface area (TPSA) is 351 Å². The highest BCUT2D eigenvalue weighted by Gasteiger charge is 2.60. The highest BCUT2D eigenvalue weighted by molar-refractivity contribution is 5.87. The van der Waals surface area contributed by atoms with Gasteiger partial charge in [-0.05, 0) is 0 Å². The summed E-state index contributed by atoms with van der Waals surface area (Å²) in [4.78, 5) is 59.8. The van der Waals surface area contributed by atoms with Gasteiger partial charge in [-0.25, -0.2) is 19.7 Å². The Bertz CT molecular complexity index is 1620. The summed E-state index contributed by atoms with van der Waals surface area (Å²) in [6.07, 6.45) is -6.75. The number of ether oxygens (including phenoxy) is 2. The van der Waals surface area contributed by atoms with Gasteiger partial charge in [0.15, 0.2) is 17.7 Å². The lowest BCUT2D eigenvalue weighted by Crippen LogP contribution is -2.54. The van der Waals surface area contributed by atoms with Gasteiger partial charge in [0.25, 0.3) is 17.2 Å². The number of amides is 2. The molecular weight excluding hydrogens is 582 g/mol. The molecule has 2 fully saturated rings. The number of hydrogen-bond donors (Lipinski definition) is 10. The summed E-state index contributed by atoms with van der Waals surface area (Å²) in [5.74, 6) is -1.78. The minimum absolute atomic E-state index is 0.0649. The van der Waals surface area contributed by atoms with Crippen molar-refractivity contribution in [2.75, 3.05) is 18.9 Å². The van der Waals surface area contributed by atoms with Crippen molar-refractivity contribution in [3.05, 3.63) is 45.3 Å². The number of aromatic nitrogens is 6. The number of primary amides is 2. The number of nitrogens with zero attached hydrogens (tertiary/aromatic N) is 5. The smallest absolute Gasteiger partial charge is 0.330 e. The molecule has 13 N–H and O–H groups in total. The Morgan fingerprint density at radius 2 is 1.67 bits per heavy atom. The maximum atomic E-state index is 12.0. The van der Waals surface area contributed by atoms with Crippen molar-refractivity contribution in [3.8, 4) is 0 Å². The molecule has 0 saturated carbocycles. The molecule has 3 aromatic heterocycles. The van der Waals surface area contributed by atoms with E-state index in [-0.39, 0.29) is 22.5 Å². The summed E-state index contributed by atoms with van der Waals surface area (Å²) in [7, 11) is 0. The van der Waals surface area contributed by atoms with Crippen molar-refractivity contribution in [1.82, 2.24) is 29.1 Å². The molecule has 0 spiro atoms. The first kappa shape index (κ1) is 31.6. The van der Waals surface area contributed by atoms with E-state index in [1.165, 1.54) is 0 Å². The second-order valence-electron chi connectivity index (χ2n) is 9.57. The molecule has 21 nitrogen and oxygen atoms in total. The highest BCUT2D eigenvalue weighted by Crippen LogP contribution is 2.37. The van der Waals surface area contributed by atoms with Crippen LogP contribution in [0.25, 0.3) is 11.2 Å². The molecule has 0 radical (unpaired) electrons. The van der Waals surface area contributed by atoms with E-state index < -0.39 is 91.3 Å². The van der Waals surface area contributed by atoms with Gasteiger partial charge in [0.2, 0.25) is 5.91 Å². The zero-order valence-electron chi connectivity index (χ0n) is 22.0. The number of aromatic amines is 1. The number of aliphatic hydroxyl groups is 6.